The molecule has 2 heterocycles. The number of carbonyl (C=O) groups is 1. The van der Waals surface area contributed by atoms with E-state index in [2.05, 4.69) is 10.00 Å². The maximum atomic E-state index is 14.0. The van der Waals surface area contributed by atoms with Crippen LogP contribution in [0.15, 0.2) is 54.6 Å². The number of aryl methyl sites for hydroxylation is 1. The van der Waals surface area contributed by atoms with Crippen molar-refractivity contribution in [2.75, 3.05) is 26.2 Å². The molecule has 1 fully saturated rings. The Morgan fingerprint density at radius 1 is 1.07 bits per heavy atom. The second kappa shape index (κ2) is 8.35. The molecule has 150 valence electrons. The fraction of sp³-hybridized carbons (Fsp3) is 0.273. The van der Waals surface area contributed by atoms with Crippen molar-refractivity contribution in [3.05, 3.63) is 82.4 Å². The van der Waals surface area contributed by atoms with Crippen LogP contribution in [0.1, 0.15) is 21.7 Å². The molecule has 1 amide bonds. The molecule has 0 bridgehead atoms. The molecule has 0 unspecified atom stereocenters. The van der Waals surface area contributed by atoms with E-state index in [1.807, 2.05) is 43.3 Å². The lowest BCUT2D eigenvalue weighted by Crippen LogP contribution is -2.48. The van der Waals surface area contributed by atoms with Gasteiger partial charge in [-0.3, -0.25) is 9.69 Å². The van der Waals surface area contributed by atoms with E-state index in [4.69, 9.17) is 11.6 Å². The van der Waals surface area contributed by atoms with Gasteiger partial charge in [0.05, 0.1) is 5.69 Å². The standard InChI is InChI=1S/C22H22ClFN4O/c1-16-14-21(25-28(16)17-6-3-2-4-7-17)22(29)27-12-10-26(11-13-27)15-18-19(23)8-5-9-20(18)24/h2-9,14H,10-13,15H2,1H3. The number of para-hydroxylation sites is 1. The molecule has 3 aromatic rings. The monoisotopic (exact) mass is 412 g/mol. The second-order valence-corrected chi connectivity index (χ2v) is 7.59. The molecular formula is C22H22ClFN4O. The van der Waals surface area contributed by atoms with Crippen LogP contribution in [0.3, 0.4) is 0 Å². The number of amides is 1. The summed E-state index contributed by atoms with van der Waals surface area (Å²) in [5.41, 5.74) is 2.78. The van der Waals surface area contributed by atoms with Crippen LogP contribution in [0.5, 0.6) is 0 Å². The number of nitrogens with zero attached hydrogens (tertiary/aromatic N) is 4. The van der Waals surface area contributed by atoms with E-state index in [9.17, 15) is 9.18 Å². The first kappa shape index (κ1) is 19.6. The van der Waals surface area contributed by atoms with Gasteiger partial charge in [0.2, 0.25) is 0 Å². The summed E-state index contributed by atoms with van der Waals surface area (Å²) < 4.78 is 15.8. The van der Waals surface area contributed by atoms with E-state index in [-0.39, 0.29) is 11.7 Å². The van der Waals surface area contributed by atoms with E-state index in [0.717, 1.165) is 11.4 Å². The van der Waals surface area contributed by atoms with Crippen molar-refractivity contribution in [1.29, 1.82) is 0 Å². The first-order valence-corrected chi connectivity index (χ1v) is 9.97. The van der Waals surface area contributed by atoms with E-state index in [0.29, 0.717) is 49.0 Å². The van der Waals surface area contributed by atoms with Crippen LogP contribution in [-0.2, 0) is 6.54 Å². The number of carbonyl (C=O) groups excluding carboxylic acids is 1. The van der Waals surface area contributed by atoms with Crippen LogP contribution in [0.25, 0.3) is 5.69 Å². The van der Waals surface area contributed by atoms with E-state index in [1.165, 1.54) is 6.07 Å². The predicted octanol–water partition coefficient (Wildman–Crippen LogP) is 3.93. The summed E-state index contributed by atoms with van der Waals surface area (Å²) in [6, 6.07) is 16.3. The number of halogens is 2. The van der Waals surface area contributed by atoms with Gasteiger partial charge in [0.1, 0.15) is 5.82 Å². The van der Waals surface area contributed by atoms with Gasteiger partial charge in [0.15, 0.2) is 5.69 Å². The number of aromatic nitrogens is 2. The Morgan fingerprint density at radius 3 is 2.48 bits per heavy atom. The molecule has 0 atom stereocenters. The third-order valence-electron chi connectivity index (χ3n) is 5.21. The van der Waals surface area contributed by atoms with Crippen molar-refractivity contribution in [3.63, 3.8) is 0 Å². The Kier molecular flexibility index (Phi) is 5.65. The smallest absolute Gasteiger partial charge is 0.274 e. The topological polar surface area (TPSA) is 41.4 Å². The van der Waals surface area contributed by atoms with Gasteiger partial charge in [0, 0.05) is 49.0 Å². The number of hydrogen-bond acceptors (Lipinski definition) is 3. The second-order valence-electron chi connectivity index (χ2n) is 7.19. The molecule has 5 nitrogen and oxygen atoms in total. The Labute approximate surface area is 174 Å². The average Bonchev–Trinajstić information content (AvgIpc) is 3.13. The van der Waals surface area contributed by atoms with Gasteiger partial charge < -0.3 is 4.90 Å². The fourth-order valence-corrected chi connectivity index (χ4v) is 3.81. The molecule has 1 saturated heterocycles. The van der Waals surface area contributed by atoms with E-state index in [1.54, 1.807) is 21.7 Å². The predicted molar refractivity (Wildman–Crippen MR) is 111 cm³/mol. The molecule has 0 spiro atoms. The fourth-order valence-electron chi connectivity index (χ4n) is 3.59. The SMILES string of the molecule is Cc1cc(C(=O)N2CCN(Cc3c(F)cccc3Cl)CC2)nn1-c1ccccc1. The first-order valence-electron chi connectivity index (χ1n) is 9.59. The zero-order valence-electron chi connectivity index (χ0n) is 16.2. The maximum Gasteiger partial charge on any atom is 0.274 e. The molecule has 0 radical (unpaired) electrons. The average molecular weight is 413 g/mol. The van der Waals surface area contributed by atoms with Gasteiger partial charge in [-0.05, 0) is 37.3 Å². The van der Waals surface area contributed by atoms with Gasteiger partial charge in [-0.1, -0.05) is 35.9 Å². The van der Waals surface area contributed by atoms with Crippen molar-refractivity contribution in [2.24, 2.45) is 0 Å². The Morgan fingerprint density at radius 2 is 1.79 bits per heavy atom. The van der Waals surface area contributed by atoms with Gasteiger partial charge in [-0.2, -0.15) is 5.10 Å². The quantitative estimate of drug-likeness (QED) is 0.652. The zero-order valence-corrected chi connectivity index (χ0v) is 16.9. The van der Waals surface area contributed by atoms with Crippen LogP contribution in [0.2, 0.25) is 5.02 Å². The number of piperazine rings is 1. The highest BCUT2D eigenvalue weighted by Crippen LogP contribution is 2.22. The van der Waals surface area contributed by atoms with Crippen LogP contribution in [0.4, 0.5) is 4.39 Å². The van der Waals surface area contributed by atoms with E-state index < -0.39 is 0 Å². The highest BCUT2D eigenvalue weighted by molar-refractivity contribution is 6.31. The summed E-state index contributed by atoms with van der Waals surface area (Å²) in [6.45, 7) is 4.84. The molecular weight excluding hydrogens is 391 g/mol. The van der Waals surface area contributed by atoms with Crippen LogP contribution < -0.4 is 0 Å². The van der Waals surface area contributed by atoms with Crippen LogP contribution in [0, 0.1) is 12.7 Å². The minimum Gasteiger partial charge on any atom is -0.335 e. The minimum atomic E-state index is -0.294. The molecule has 1 aliphatic heterocycles. The van der Waals surface area contributed by atoms with Gasteiger partial charge in [0.25, 0.3) is 5.91 Å². The Hall–Kier alpha value is -2.70. The number of benzene rings is 2. The van der Waals surface area contributed by atoms with Crippen molar-refractivity contribution in [2.45, 2.75) is 13.5 Å². The molecule has 1 aromatic heterocycles. The number of hydrogen-bond donors (Lipinski definition) is 0. The lowest BCUT2D eigenvalue weighted by Gasteiger charge is -2.34. The summed E-state index contributed by atoms with van der Waals surface area (Å²) in [7, 11) is 0. The summed E-state index contributed by atoms with van der Waals surface area (Å²) in [6.07, 6.45) is 0. The first-order chi connectivity index (χ1) is 14.0. The number of rotatable bonds is 4. The molecule has 2 aromatic carbocycles. The molecule has 1 aliphatic rings. The van der Waals surface area contributed by atoms with Crippen molar-refractivity contribution in [1.82, 2.24) is 19.6 Å². The molecule has 0 saturated carbocycles. The Bertz CT molecular complexity index is 993. The van der Waals surface area contributed by atoms with Crippen molar-refractivity contribution in [3.8, 4) is 5.69 Å². The minimum absolute atomic E-state index is 0.0774. The highest BCUT2D eigenvalue weighted by Gasteiger charge is 2.25. The third kappa shape index (κ3) is 4.18. The van der Waals surface area contributed by atoms with Crippen molar-refractivity contribution >= 4 is 17.5 Å². The molecule has 4 rings (SSSR count). The summed E-state index contributed by atoms with van der Waals surface area (Å²) in [4.78, 5) is 16.8. The Balaban J connectivity index is 1.41. The molecule has 0 aliphatic carbocycles. The summed E-state index contributed by atoms with van der Waals surface area (Å²) in [5, 5.41) is 4.95. The normalized spacial score (nSPS) is 14.9. The molecule has 0 N–H and O–H groups in total. The highest BCUT2D eigenvalue weighted by atomic mass is 35.5. The van der Waals surface area contributed by atoms with Crippen LogP contribution in [-0.4, -0.2) is 51.7 Å². The lowest BCUT2D eigenvalue weighted by atomic mass is 10.1. The van der Waals surface area contributed by atoms with Gasteiger partial charge >= 0.3 is 0 Å². The van der Waals surface area contributed by atoms with E-state index >= 15 is 0 Å². The maximum absolute atomic E-state index is 14.0. The summed E-state index contributed by atoms with van der Waals surface area (Å²) >= 11 is 6.13. The van der Waals surface area contributed by atoms with Crippen LogP contribution >= 0.6 is 11.6 Å². The molecule has 7 heteroatoms. The summed E-state index contributed by atoms with van der Waals surface area (Å²) in [5.74, 6) is -0.371. The molecule has 29 heavy (non-hydrogen) atoms. The third-order valence-corrected chi connectivity index (χ3v) is 5.56. The zero-order chi connectivity index (χ0) is 20.4. The van der Waals surface area contributed by atoms with Gasteiger partial charge in [-0.25, -0.2) is 9.07 Å². The largest absolute Gasteiger partial charge is 0.335 e. The lowest BCUT2D eigenvalue weighted by molar-refractivity contribution is 0.0621. The van der Waals surface area contributed by atoms with Gasteiger partial charge in [-0.15, -0.1) is 0 Å². The van der Waals surface area contributed by atoms with Crippen molar-refractivity contribution < 1.29 is 9.18 Å².